The smallest absolute Gasteiger partial charge is 0.242 e. The number of nitrogens with zero attached hydrogens (tertiary/aromatic N) is 3. The average Bonchev–Trinajstić information content (AvgIpc) is 3.34. The first kappa shape index (κ1) is 20.3. The summed E-state index contributed by atoms with van der Waals surface area (Å²) < 4.78 is 18.7. The quantitative estimate of drug-likeness (QED) is 0.763. The Kier molecular flexibility index (Phi) is 6.12. The summed E-state index contributed by atoms with van der Waals surface area (Å²) in [5.41, 5.74) is 1.42. The van der Waals surface area contributed by atoms with Crippen LogP contribution in [0.2, 0.25) is 0 Å². The number of piperidine rings is 1. The number of benzene rings is 1. The van der Waals surface area contributed by atoms with Gasteiger partial charge in [0.05, 0.1) is 11.8 Å². The topological polar surface area (TPSA) is 81.8 Å². The second-order valence-corrected chi connectivity index (χ2v) is 8.03. The van der Waals surface area contributed by atoms with E-state index in [1.165, 1.54) is 12.1 Å². The van der Waals surface area contributed by atoms with E-state index in [1.807, 2.05) is 11.8 Å². The molecule has 0 bridgehead atoms. The summed E-state index contributed by atoms with van der Waals surface area (Å²) in [6.07, 6.45) is 1.97. The van der Waals surface area contributed by atoms with Gasteiger partial charge in [0.25, 0.3) is 0 Å². The van der Waals surface area contributed by atoms with Crippen LogP contribution in [-0.4, -0.2) is 77.4 Å². The van der Waals surface area contributed by atoms with Crippen LogP contribution in [0.3, 0.4) is 0 Å². The van der Waals surface area contributed by atoms with Crippen molar-refractivity contribution in [3.05, 3.63) is 29.7 Å². The van der Waals surface area contributed by atoms with E-state index >= 15 is 0 Å². The highest BCUT2D eigenvalue weighted by Gasteiger charge is 2.34. The summed E-state index contributed by atoms with van der Waals surface area (Å²) in [4.78, 5) is 16.9. The Balaban J connectivity index is 1.29. The molecule has 158 valence electrons. The Labute approximate surface area is 169 Å². The molecule has 2 fully saturated rings. The number of fused-ring (bicyclic) bond motifs is 1. The fourth-order valence-electron chi connectivity index (χ4n) is 4.48. The predicted molar refractivity (Wildman–Crippen MR) is 107 cm³/mol. The van der Waals surface area contributed by atoms with Gasteiger partial charge in [0.15, 0.2) is 5.58 Å². The molecule has 0 spiro atoms. The number of aromatic nitrogens is 1. The van der Waals surface area contributed by atoms with Gasteiger partial charge in [-0.15, -0.1) is 0 Å². The zero-order chi connectivity index (χ0) is 20.4. The molecule has 1 aromatic heterocycles. The highest BCUT2D eigenvalue weighted by Crippen LogP contribution is 2.32. The van der Waals surface area contributed by atoms with Gasteiger partial charge in [0, 0.05) is 37.0 Å². The minimum Gasteiger partial charge on any atom is -0.391 e. The van der Waals surface area contributed by atoms with Crippen molar-refractivity contribution in [3.8, 4) is 0 Å². The third-order valence-corrected chi connectivity index (χ3v) is 6.27. The van der Waals surface area contributed by atoms with Crippen molar-refractivity contribution < 1.29 is 18.8 Å². The van der Waals surface area contributed by atoms with Gasteiger partial charge < -0.3 is 24.7 Å². The van der Waals surface area contributed by atoms with Gasteiger partial charge >= 0.3 is 0 Å². The Hall–Kier alpha value is -2.03. The predicted octanol–water partition coefficient (Wildman–Crippen LogP) is 1.72. The largest absolute Gasteiger partial charge is 0.391 e. The van der Waals surface area contributed by atoms with Gasteiger partial charge in [-0.2, -0.15) is 0 Å². The molecule has 2 aliphatic rings. The minimum atomic E-state index is -0.585. The first-order chi connectivity index (χ1) is 14.1. The van der Waals surface area contributed by atoms with E-state index in [4.69, 9.17) is 4.52 Å². The first-order valence-electron chi connectivity index (χ1n) is 10.5. The van der Waals surface area contributed by atoms with E-state index in [-0.39, 0.29) is 11.7 Å². The molecule has 0 aliphatic carbocycles. The van der Waals surface area contributed by atoms with Crippen LogP contribution in [0, 0.1) is 5.82 Å². The molecule has 8 heteroatoms. The highest BCUT2D eigenvalue weighted by atomic mass is 19.1. The van der Waals surface area contributed by atoms with Gasteiger partial charge in [0.1, 0.15) is 11.9 Å². The standard InChI is InChI=1S/C21H29FN4O3/c1-2-26(21(28)20-17(27)5-8-23-20)12-11-25-9-6-14(7-10-25)19-16-4-3-15(22)13-18(16)29-24-19/h3-4,13-14,17,20,23,27H,2,5-12H2,1H3. The van der Waals surface area contributed by atoms with Crippen molar-refractivity contribution in [3.63, 3.8) is 0 Å². The van der Waals surface area contributed by atoms with E-state index in [1.54, 1.807) is 6.07 Å². The number of amides is 1. The molecular formula is C21H29FN4O3. The molecular weight excluding hydrogens is 375 g/mol. The molecule has 1 amide bonds. The number of rotatable bonds is 6. The van der Waals surface area contributed by atoms with Crippen molar-refractivity contribution in [1.82, 2.24) is 20.3 Å². The molecule has 0 radical (unpaired) electrons. The SMILES string of the molecule is CCN(CCN1CCC(c2noc3cc(F)ccc23)CC1)C(=O)C1NCCC1O. The van der Waals surface area contributed by atoms with Crippen LogP contribution in [0.4, 0.5) is 4.39 Å². The van der Waals surface area contributed by atoms with Gasteiger partial charge in [-0.1, -0.05) is 5.16 Å². The van der Waals surface area contributed by atoms with Crippen molar-refractivity contribution in [2.45, 2.75) is 44.2 Å². The second kappa shape index (κ2) is 8.77. The maximum atomic E-state index is 13.4. The van der Waals surface area contributed by atoms with E-state index in [0.29, 0.717) is 37.6 Å². The van der Waals surface area contributed by atoms with E-state index in [2.05, 4.69) is 15.4 Å². The molecule has 2 atom stereocenters. The van der Waals surface area contributed by atoms with Gasteiger partial charge in [0.2, 0.25) is 5.91 Å². The number of hydrogen-bond donors (Lipinski definition) is 2. The molecule has 0 saturated carbocycles. The maximum Gasteiger partial charge on any atom is 0.242 e. The van der Waals surface area contributed by atoms with Crippen LogP contribution >= 0.6 is 0 Å². The number of carbonyl (C=O) groups is 1. The lowest BCUT2D eigenvalue weighted by Gasteiger charge is -2.33. The third kappa shape index (κ3) is 4.29. The number of hydrogen-bond acceptors (Lipinski definition) is 6. The summed E-state index contributed by atoms with van der Waals surface area (Å²) in [5.74, 6) is -0.0150. The number of halogens is 1. The number of aliphatic hydroxyl groups excluding tert-OH is 1. The second-order valence-electron chi connectivity index (χ2n) is 8.03. The number of nitrogens with one attached hydrogen (secondary N) is 1. The Bertz CT molecular complexity index is 850. The first-order valence-corrected chi connectivity index (χ1v) is 10.5. The zero-order valence-electron chi connectivity index (χ0n) is 16.8. The highest BCUT2D eigenvalue weighted by molar-refractivity contribution is 5.83. The molecule has 3 heterocycles. The Morgan fingerprint density at radius 2 is 2.17 bits per heavy atom. The number of carbonyl (C=O) groups excluding carboxylic acids is 1. The number of aliphatic hydroxyl groups is 1. The summed E-state index contributed by atoms with van der Waals surface area (Å²) in [5, 5.41) is 18.2. The minimum absolute atomic E-state index is 0.00585. The van der Waals surface area contributed by atoms with E-state index in [9.17, 15) is 14.3 Å². The lowest BCUT2D eigenvalue weighted by molar-refractivity contribution is -0.135. The Morgan fingerprint density at radius 3 is 2.86 bits per heavy atom. The molecule has 7 nitrogen and oxygen atoms in total. The monoisotopic (exact) mass is 404 g/mol. The molecule has 2 aromatic rings. The number of likely N-dealkylation sites (tertiary alicyclic amines) is 1. The summed E-state index contributed by atoms with van der Waals surface area (Å²) in [7, 11) is 0. The third-order valence-electron chi connectivity index (χ3n) is 6.27. The van der Waals surface area contributed by atoms with Crippen LogP contribution in [0.25, 0.3) is 11.0 Å². The summed E-state index contributed by atoms with van der Waals surface area (Å²) >= 11 is 0. The zero-order valence-corrected chi connectivity index (χ0v) is 16.8. The molecule has 2 unspecified atom stereocenters. The molecule has 29 heavy (non-hydrogen) atoms. The molecule has 2 saturated heterocycles. The van der Waals surface area contributed by atoms with Crippen LogP contribution in [0.5, 0.6) is 0 Å². The summed E-state index contributed by atoms with van der Waals surface area (Å²) in [6, 6.07) is 4.11. The maximum absolute atomic E-state index is 13.4. The van der Waals surface area contributed by atoms with Gasteiger partial charge in [-0.3, -0.25) is 4.79 Å². The van der Waals surface area contributed by atoms with E-state index in [0.717, 1.165) is 43.6 Å². The van der Waals surface area contributed by atoms with Crippen molar-refractivity contribution in [2.75, 3.05) is 39.3 Å². The van der Waals surface area contributed by atoms with Crippen LogP contribution in [0.15, 0.2) is 22.7 Å². The van der Waals surface area contributed by atoms with Crippen LogP contribution in [-0.2, 0) is 4.79 Å². The van der Waals surface area contributed by atoms with Crippen LogP contribution in [0.1, 0.15) is 37.8 Å². The Morgan fingerprint density at radius 1 is 1.38 bits per heavy atom. The molecule has 1 aromatic carbocycles. The van der Waals surface area contributed by atoms with Crippen molar-refractivity contribution >= 4 is 16.9 Å². The van der Waals surface area contributed by atoms with Gasteiger partial charge in [-0.25, -0.2) is 4.39 Å². The fourth-order valence-corrected chi connectivity index (χ4v) is 4.48. The van der Waals surface area contributed by atoms with Crippen molar-refractivity contribution in [2.24, 2.45) is 0 Å². The average molecular weight is 404 g/mol. The molecule has 2 N–H and O–H groups in total. The number of likely N-dealkylation sites (N-methyl/N-ethyl adjacent to an activating group) is 1. The van der Waals surface area contributed by atoms with Gasteiger partial charge in [-0.05, 0) is 58.0 Å². The molecule has 2 aliphatic heterocycles. The summed E-state index contributed by atoms with van der Waals surface area (Å²) in [6.45, 7) is 6.64. The fraction of sp³-hybridized carbons (Fsp3) is 0.619. The molecule has 4 rings (SSSR count). The van der Waals surface area contributed by atoms with E-state index < -0.39 is 12.1 Å². The lowest BCUT2D eigenvalue weighted by atomic mass is 9.91. The van der Waals surface area contributed by atoms with Crippen LogP contribution < -0.4 is 5.32 Å². The van der Waals surface area contributed by atoms with Crippen molar-refractivity contribution in [1.29, 1.82) is 0 Å². The normalized spacial score (nSPS) is 23.7. The lowest BCUT2D eigenvalue weighted by Crippen LogP contribution is -2.50.